The number of nitrogens with one attached hydrogen (secondary N) is 1. The van der Waals surface area contributed by atoms with Gasteiger partial charge >= 0.3 is 0 Å². The number of carbonyl (C=O) groups is 1. The van der Waals surface area contributed by atoms with Gasteiger partial charge in [0.15, 0.2) is 0 Å². The fourth-order valence-electron chi connectivity index (χ4n) is 3.21. The molecule has 2 aromatic heterocycles. The summed E-state index contributed by atoms with van der Waals surface area (Å²) in [4.78, 5) is 23.3. The predicted octanol–water partition coefficient (Wildman–Crippen LogP) is 2.82. The van der Waals surface area contributed by atoms with E-state index >= 15 is 0 Å². The van der Waals surface area contributed by atoms with Crippen LogP contribution in [-0.4, -0.2) is 33.5 Å². The number of anilines is 2. The largest absolute Gasteiger partial charge is 0.372 e. The minimum atomic E-state index is -0.175. The number of amides is 1. The van der Waals surface area contributed by atoms with E-state index < -0.39 is 0 Å². The summed E-state index contributed by atoms with van der Waals surface area (Å²) in [7, 11) is 1.87. The molecule has 0 bridgehead atoms. The summed E-state index contributed by atoms with van der Waals surface area (Å²) in [6, 6.07) is 8.01. The number of aryl methyl sites for hydroxylation is 1. The van der Waals surface area contributed by atoms with Crippen molar-refractivity contribution in [3.8, 4) is 0 Å². The lowest BCUT2D eigenvalue weighted by Crippen LogP contribution is -2.17. The van der Waals surface area contributed by atoms with Crippen molar-refractivity contribution < 1.29 is 4.79 Å². The summed E-state index contributed by atoms with van der Waals surface area (Å²) < 4.78 is 1.84. The molecule has 122 valence electrons. The topological polar surface area (TPSA) is 63.1 Å². The van der Waals surface area contributed by atoms with E-state index in [0.29, 0.717) is 5.56 Å². The first-order valence-corrected chi connectivity index (χ1v) is 8.14. The first-order chi connectivity index (χ1) is 11.7. The van der Waals surface area contributed by atoms with Gasteiger partial charge in [-0.1, -0.05) is 0 Å². The molecule has 0 spiro atoms. The Kier molecular flexibility index (Phi) is 3.65. The molecule has 1 N–H and O–H groups in total. The molecule has 3 aromatic rings. The Morgan fingerprint density at radius 1 is 1.12 bits per heavy atom. The van der Waals surface area contributed by atoms with E-state index in [-0.39, 0.29) is 5.91 Å². The third kappa shape index (κ3) is 2.60. The van der Waals surface area contributed by atoms with E-state index in [1.807, 2.05) is 23.7 Å². The van der Waals surface area contributed by atoms with Crippen LogP contribution in [0.1, 0.15) is 23.2 Å². The first-order valence-electron chi connectivity index (χ1n) is 8.14. The van der Waals surface area contributed by atoms with Crippen molar-refractivity contribution in [2.75, 3.05) is 23.3 Å². The average molecular weight is 321 g/mol. The van der Waals surface area contributed by atoms with Gasteiger partial charge in [-0.05, 0) is 37.1 Å². The molecule has 0 aliphatic carbocycles. The number of carbonyl (C=O) groups excluding carboxylic acids is 1. The van der Waals surface area contributed by atoms with Crippen LogP contribution < -0.4 is 10.2 Å². The number of rotatable bonds is 3. The number of pyridine rings is 1. The third-order valence-corrected chi connectivity index (χ3v) is 4.46. The molecule has 24 heavy (non-hydrogen) atoms. The van der Waals surface area contributed by atoms with E-state index in [0.717, 1.165) is 29.8 Å². The maximum atomic E-state index is 12.6. The smallest absolute Gasteiger partial charge is 0.259 e. The van der Waals surface area contributed by atoms with E-state index in [4.69, 9.17) is 0 Å². The maximum Gasteiger partial charge on any atom is 0.259 e. The van der Waals surface area contributed by atoms with Crippen LogP contribution >= 0.6 is 0 Å². The van der Waals surface area contributed by atoms with Crippen molar-refractivity contribution in [2.24, 2.45) is 7.05 Å². The zero-order chi connectivity index (χ0) is 16.5. The fraction of sp³-hybridized carbons (Fsp3) is 0.278. The zero-order valence-electron chi connectivity index (χ0n) is 13.6. The van der Waals surface area contributed by atoms with Gasteiger partial charge in [0, 0.05) is 37.7 Å². The second-order valence-electron chi connectivity index (χ2n) is 6.11. The molecule has 3 heterocycles. The summed E-state index contributed by atoms with van der Waals surface area (Å²) in [5, 5.41) is 2.95. The van der Waals surface area contributed by atoms with Gasteiger partial charge in [0.2, 0.25) is 0 Å². The van der Waals surface area contributed by atoms with Gasteiger partial charge in [-0.3, -0.25) is 9.78 Å². The molecule has 1 aliphatic heterocycles. The lowest BCUT2D eigenvalue weighted by atomic mass is 10.2. The molecule has 6 heteroatoms. The van der Waals surface area contributed by atoms with Gasteiger partial charge in [0.1, 0.15) is 5.52 Å². The SMILES string of the molecule is Cn1cnc2cncc(C(=O)Nc3ccc(N4CCCC4)cc3)c21. The Morgan fingerprint density at radius 3 is 2.62 bits per heavy atom. The highest BCUT2D eigenvalue weighted by Crippen LogP contribution is 2.23. The summed E-state index contributed by atoms with van der Waals surface area (Å²) in [5.41, 5.74) is 4.02. The van der Waals surface area contributed by atoms with E-state index in [1.165, 1.54) is 18.5 Å². The van der Waals surface area contributed by atoms with Gasteiger partial charge in [-0.25, -0.2) is 4.98 Å². The van der Waals surface area contributed by atoms with Gasteiger partial charge in [-0.15, -0.1) is 0 Å². The molecule has 0 unspecified atom stereocenters. The fourth-order valence-corrected chi connectivity index (χ4v) is 3.21. The van der Waals surface area contributed by atoms with Crippen molar-refractivity contribution in [3.63, 3.8) is 0 Å². The minimum absolute atomic E-state index is 0.175. The molecule has 1 aliphatic rings. The molecule has 0 radical (unpaired) electrons. The third-order valence-electron chi connectivity index (χ3n) is 4.46. The Balaban J connectivity index is 1.56. The highest BCUT2D eigenvalue weighted by molar-refractivity contribution is 6.11. The van der Waals surface area contributed by atoms with Crippen LogP contribution in [0.4, 0.5) is 11.4 Å². The number of hydrogen-bond acceptors (Lipinski definition) is 4. The second-order valence-corrected chi connectivity index (χ2v) is 6.11. The normalized spacial score (nSPS) is 14.3. The number of hydrogen-bond donors (Lipinski definition) is 1. The lowest BCUT2D eigenvalue weighted by molar-refractivity contribution is 0.102. The number of imidazole rings is 1. The lowest BCUT2D eigenvalue weighted by Gasteiger charge is -2.17. The molecule has 1 saturated heterocycles. The van der Waals surface area contributed by atoms with E-state index in [2.05, 4.69) is 32.3 Å². The van der Waals surface area contributed by atoms with Gasteiger partial charge in [-0.2, -0.15) is 0 Å². The summed E-state index contributed by atoms with van der Waals surface area (Å²) in [5.74, 6) is -0.175. The van der Waals surface area contributed by atoms with Crippen molar-refractivity contribution in [2.45, 2.75) is 12.8 Å². The Bertz CT molecular complexity index is 878. The number of aromatic nitrogens is 3. The molecule has 6 nitrogen and oxygen atoms in total. The maximum absolute atomic E-state index is 12.6. The Hall–Kier alpha value is -2.89. The molecule has 1 amide bonds. The van der Waals surface area contributed by atoms with E-state index in [1.54, 1.807) is 18.7 Å². The van der Waals surface area contributed by atoms with Gasteiger partial charge < -0.3 is 14.8 Å². The minimum Gasteiger partial charge on any atom is -0.372 e. The highest BCUT2D eigenvalue weighted by atomic mass is 16.1. The van der Waals surface area contributed by atoms with Crippen LogP contribution in [0.5, 0.6) is 0 Å². The Labute approximate surface area is 140 Å². The zero-order valence-corrected chi connectivity index (χ0v) is 13.6. The number of nitrogens with zero attached hydrogens (tertiary/aromatic N) is 4. The highest BCUT2D eigenvalue weighted by Gasteiger charge is 2.15. The van der Waals surface area contributed by atoms with Crippen LogP contribution in [0.25, 0.3) is 11.0 Å². The van der Waals surface area contributed by atoms with Gasteiger partial charge in [0.25, 0.3) is 5.91 Å². The molecule has 1 aromatic carbocycles. The van der Waals surface area contributed by atoms with Crippen LogP contribution in [-0.2, 0) is 7.05 Å². The van der Waals surface area contributed by atoms with Crippen molar-refractivity contribution in [1.82, 2.24) is 14.5 Å². The summed E-state index contributed by atoms with van der Waals surface area (Å²) in [6.07, 6.45) is 7.43. The summed E-state index contributed by atoms with van der Waals surface area (Å²) >= 11 is 0. The first kappa shape index (κ1) is 14.7. The number of benzene rings is 1. The molecule has 0 atom stereocenters. The monoisotopic (exact) mass is 321 g/mol. The molecular weight excluding hydrogens is 302 g/mol. The average Bonchev–Trinajstić information content (AvgIpc) is 3.26. The van der Waals surface area contributed by atoms with Crippen LogP contribution in [0.3, 0.4) is 0 Å². The van der Waals surface area contributed by atoms with E-state index in [9.17, 15) is 4.79 Å². The second kappa shape index (κ2) is 5.96. The van der Waals surface area contributed by atoms with Crippen LogP contribution in [0, 0.1) is 0 Å². The quantitative estimate of drug-likeness (QED) is 0.806. The van der Waals surface area contributed by atoms with Crippen molar-refractivity contribution in [3.05, 3.63) is 48.5 Å². The Morgan fingerprint density at radius 2 is 1.88 bits per heavy atom. The molecule has 0 saturated carbocycles. The standard InChI is InChI=1S/C18H19N5O/c1-22-12-20-16-11-19-10-15(17(16)22)18(24)21-13-4-6-14(7-5-13)23-8-2-3-9-23/h4-7,10-12H,2-3,8-9H2,1H3,(H,21,24). The van der Waals surface area contributed by atoms with Crippen LogP contribution in [0.15, 0.2) is 43.0 Å². The van der Waals surface area contributed by atoms with Crippen molar-refractivity contribution >= 4 is 28.3 Å². The number of fused-ring (bicyclic) bond motifs is 1. The summed E-state index contributed by atoms with van der Waals surface area (Å²) in [6.45, 7) is 2.22. The molecular formula is C18H19N5O. The predicted molar refractivity (Wildman–Crippen MR) is 94.4 cm³/mol. The molecule has 1 fully saturated rings. The van der Waals surface area contributed by atoms with Crippen molar-refractivity contribution in [1.29, 1.82) is 0 Å². The van der Waals surface area contributed by atoms with Crippen LogP contribution in [0.2, 0.25) is 0 Å². The molecule has 4 rings (SSSR count). The van der Waals surface area contributed by atoms with Gasteiger partial charge in [0.05, 0.1) is 23.6 Å².